The number of nitrogens with one attached hydrogen (secondary N) is 1. The summed E-state index contributed by atoms with van der Waals surface area (Å²) in [5.74, 6) is 0.451. The molecule has 54 valence electrons. The van der Waals surface area contributed by atoms with E-state index in [-0.39, 0.29) is 11.8 Å². The molecule has 0 spiro atoms. The van der Waals surface area contributed by atoms with Crippen molar-refractivity contribution in [2.75, 3.05) is 7.05 Å². The molecule has 1 rings (SSSR count). The van der Waals surface area contributed by atoms with E-state index in [0.717, 1.165) is 0 Å². The Bertz CT molecular complexity index is 242. The van der Waals surface area contributed by atoms with Crippen LogP contribution in [0.25, 0.3) is 0 Å². The third kappa shape index (κ3) is 1.15. The second-order valence-electron chi connectivity index (χ2n) is 1.86. The predicted octanol–water partition coefficient (Wildman–Crippen LogP) is 0.343. The van der Waals surface area contributed by atoms with Crippen molar-refractivity contribution in [1.82, 2.24) is 10.3 Å². The number of aromatic nitrogens is 1. The summed E-state index contributed by atoms with van der Waals surface area (Å²) >= 11 is 0. The molecule has 0 atom stereocenters. The smallest absolute Gasteiger partial charge is 0.306 e. The van der Waals surface area contributed by atoms with Gasteiger partial charge < -0.3 is 9.73 Å². The number of amides is 1. The largest absolute Gasteiger partial charge is 0.438 e. The Hall–Kier alpha value is -1.32. The zero-order valence-electron chi connectivity index (χ0n) is 5.84. The summed E-state index contributed by atoms with van der Waals surface area (Å²) in [5.41, 5.74) is 0. The van der Waals surface area contributed by atoms with Gasteiger partial charge in [-0.2, -0.15) is 0 Å². The van der Waals surface area contributed by atoms with E-state index in [1.807, 2.05) is 0 Å². The van der Waals surface area contributed by atoms with Gasteiger partial charge in [0.15, 0.2) is 0 Å². The Labute approximate surface area is 58.3 Å². The molecule has 1 heterocycles. The Kier molecular flexibility index (Phi) is 1.71. The monoisotopic (exact) mass is 140 g/mol. The molecule has 0 bridgehead atoms. The number of rotatable bonds is 1. The topological polar surface area (TPSA) is 55.1 Å². The summed E-state index contributed by atoms with van der Waals surface area (Å²) in [4.78, 5) is 14.5. The standard InChI is InChI=1S/C6H8N2O2/c1-4-3-8-6(10-4)5(9)7-2/h3H,1-2H3,(H,7,9). The van der Waals surface area contributed by atoms with Crippen molar-refractivity contribution in [2.24, 2.45) is 0 Å². The Morgan fingerprint density at radius 2 is 2.50 bits per heavy atom. The van der Waals surface area contributed by atoms with Crippen molar-refractivity contribution in [3.05, 3.63) is 17.8 Å². The first-order chi connectivity index (χ1) is 4.74. The van der Waals surface area contributed by atoms with Gasteiger partial charge in [0.25, 0.3) is 5.89 Å². The molecule has 1 amide bonds. The van der Waals surface area contributed by atoms with Crippen LogP contribution >= 0.6 is 0 Å². The third-order valence-corrected chi connectivity index (χ3v) is 1.04. The molecule has 0 aliphatic carbocycles. The van der Waals surface area contributed by atoms with Crippen LogP contribution in [0, 0.1) is 6.92 Å². The molecule has 0 fully saturated rings. The Balaban J connectivity index is 2.85. The maximum absolute atomic E-state index is 10.8. The first-order valence-corrected chi connectivity index (χ1v) is 2.88. The molecule has 10 heavy (non-hydrogen) atoms. The fourth-order valence-corrected chi connectivity index (χ4v) is 0.567. The summed E-state index contributed by atoms with van der Waals surface area (Å²) in [6.07, 6.45) is 1.50. The van der Waals surface area contributed by atoms with E-state index in [1.165, 1.54) is 13.2 Å². The van der Waals surface area contributed by atoms with Gasteiger partial charge in [-0.25, -0.2) is 4.98 Å². The SMILES string of the molecule is CNC(=O)c1ncc(C)o1. The first kappa shape index (κ1) is 6.80. The number of hydrogen-bond acceptors (Lipinski definition) is 3. The molecule has 1 N–H and O–H groups in total. The van der Waals surface area contributed by atoms with Gasteiger partial charge in [0, 0.05) is 7.05 Å². The van der Waals surface area contributed by atoms with Crippen LogP contribution < -0.4 is 5.32 Å². The molecule has 0 saturated carbocycles. The predicted molar refractivity (Wildman–Crippen MR) is 34.6 cm³/mol. The molecular formula is C6H8N2O2. The fraction of sp³-hybridized carbons (Fsp3) is 0.333. The van der Waals surface area contributed by atoms with Crippen molar-refractivity contribution in [3.63, 3.8) is 0 Å². The lowest BCUT2D eigenvalue weighted by Gasteiger charge is -1.89. The van der Waals surface area contributed by atoms with E-state index in [9.17, 15) is 4.79 Å². The Morgan fingerprint density at radius 1 is 1.80 bits per heavy atom. The summed E-state index contributed by atoms with van der Waals surface area (Å²) in [7, 11) is 1.53. The number of nitrogens with zero attached hydrogens (tertiary/aromatic N) is 1. The van der Waals surface area contributed by atoms with E-state index in [1.54, 1.807) is 6.92 Å². The highest BCUT2D eigenvalue weighted by Crippen LogP contribution is 1.99. The van der Waals surface area contributed by atoms with Crippen molar-refractivity contribution in [2.45, 2.75) is 6.92 Å². The molecule has 0 aliphatic heterocycles. The van der Waals surface area contributed by atoms with Gasteiger partial charge in [-0.15, -0.1) is 0 Å². The van der Waals surface area contributed by atoms with Crippen LogP contribution in [0.5, 0.6) is 0 Å². The molecule has 0 unspecified atom stereocenters. The van der Waals surface area contributed by atoms with Crippen LogP contribution in [-0.4, -0.2) is 17.9 Å². The zero-order valence-corrected chi connectivity index (χ0v) is 5.84. The summed E-state index contributed by atoms with van der Waals surface area (Å²) < 4.78 is 4.91. The molecular weight excluding hydrogens is 132 g/mol. The first-order valence-electron chi connectivity index (χ1n) is 2.88. The van der Waals surface area contributed by atoms with Crippen molar-refractivity contribution in [1.29, 1.82) is 0 Å². The zero-order chi connectivity index (χ0) is 7.56. The van der Waals surface area contributed by atoms with Crippen LogP contribution in [-0.2, 0) is 0 Å². The van der Waals surface area contributed by atoms with Gasteiger partial charge in [0.2, 0.25) is 0 Å². The number of carbonyl (C=O) groups is 1. The van der Waals surface area contributed by atoms with Crippen molar-refractivity contribution < 1.29 is 9.21 Å². The van der Waals surface area contributed by atoms with Crippen LogP contribution in [0.4, 0.5) is 0 Å². The van der Waals surface area contributed by atoms with Gasteiger partial charge >= 0.3 is 5.91 Å². The minimum absolute atomic E-state index is 0.111. The van der Waals surface area contributed by atoms with Gasteiger partial charge in [-0.3, -0.25) is 4.79 Å². The van der Waals surface area contributed by atoms with Crippen LogP contribution in [0.3, 0.4) is 0 Å². The molecule has 4 heteroatoms. The highest BCUT2D eigenvalue weighted by molar-refractivity contribution is 5.89. The second kappa shape index (κ2) is 2.51. The van der Waals surface area contributed by atoms with Gasteiger partial charge in [0.1, 0.15) is 5.76 Å². The number of oxazole rings is 1. The molecule has 1 aromatic heterocycles. The van der Waals surface area contributed by atoms with Crippen LogP contribution in [0.1, 0.15) is 16.4 Å². The molecule has 1 aromatic rings. The highest BCUT2D eigenvalue weighted by Gasteiger charge is 2.07. The molecule has 0 aliphatic rings. The molecule has 0 aromatic carbocycles. The number of hydrogen-bond donors (Lipinski definition) is 1. The average Bonchev–Trinajstić information content (AvgIpc) is 2.34. The second-order valence-corrected chi connectivity index (χ2v) is 1.86. The minimum Gasteiger partial charge on any atom is -0.438 e. The van der Waals surface area contributed by atoms with Crippen LogP contribution in [0.15, 0.2) is 10.6 Å². The fourth-order valence-electron chi connectivity index (χ4n) is 0.567. The van der Waals surface area contributed by atoms with E-state index in [4.69, 9.17) is 4.42 Å². The highest BCUT2D eigenvalue weighted by atomic mass is 16.4. The summed E-state index contributed by atoms with van der Waals surface area (Å²) in [6, 6.07) is 0. The maximum Gasteiger partial charge on any atom is 0.306 e. The quantitative estimate of drug-likeness (QED) is 0.612. The van der Waals surface area contributed by atoms with E-state index >= 15 is 0 Å². The van der Waals surface area contributed by atoms with Crippen molar-refractivity contribution >= 4 is 5.91 Å². The van der Waals surface area contributed by atoms with Crippen LogP contribution in [0.2, 0.25) is 0 Å². The van der Waals surface area contributed by atoms with Crippen molar-refractivity contribution in [3.8, 4) is 0 Å². The maximum atomic E-state index is 10.8. The Morgan fingerprint density at radius 3 is 2.90 bits per heavy atom. The molecule has 0 radical (unpaired) electrons. The lowest BCUT2D eigenvalue weighted by atomic mass is 10.6. The van der Waals surface area contributed by atoms with E-state index in [2.05, 4.69) is 10.3 Å². The lowest BCUT2D eigenvalue weighted by molar-refractivity contribution is 0.0927. The lowest BCUT2D eigenvalue weighted by Crippen LogP contribution is -2.17. The van der Waals surface area contributed by atoms with Gasteiger partial charge in [0.05, 0.1) is 6.20 Å². The minimum atomic E-state index is -0.298. The molecule has 0 saturated heterocycles. The summed E-state index contributed by atoms with van der Waals surface area (Å²) in [6.45, 7) is 1.74. The third-order valence-electron chi connectivity index (χ3n) is 1.04. The summed E-state index contributed by atoms with van der Waals surface area (Å²) in [5, 5.41) is 2.40. The normalized spacial score (nSPS) is 9.40. The van der Waals surface area contributed by atoms with Gasteiger partial charge in [-0.1, -0.05) is 0 Å². The number of carbonyl (C=O) groups excluding carboxylic acids is 1. The number of aryl methyl sites for hydroxylation is 1. The van der Waals surface area contributed by atoms with E-state index in [0.29, 0.717) is 5.76 Å². The van der Waals surface area contributed by atoms with E-state index < -0.39 is 0 Å². The average molecular weight is 140 g/mol. The molecule has 4 nitrogen and oxygen atoms in total. The van der Waals surface area contributed by atoms with Gasteiger partial charge in [-0.05, 0) is 6.92 Å².